The molecule has 0 fully saturated rings. The molecule has 2 N–H and O–H groups in total. The third-order valence-electron chi connectivity index (χ3n) is 4.19. The maximum atomic E-state index is 12.2. The zero-order valence-electron chi connectivity index (χ0n) is 15.1. The number of ether oxygens (including phenoxy) is 2. The molecule has 0 saturated carbocycles. The molecule has 1 amide bonds. The molecule has 2 aromatic rings. The van der Waals surface area contributed by atoms with Gasteiger partial charge in [0.05, 0.1) is 0 Å². The van der Waals surface area contributed by atoms with Crippen molar-refractivity contribution in [3.63, 3.8) is 0 Å². The number of hydrogen-bond donors (Lipinski definition) is 2. The third-order valence-corrected chi connectivity index (χ3v) is 4.95. The number of hydrogen-bond acceptors (Lipinski definition) is 7. The molecule has 0 radical (unpaired) electrons. The second kappa shape index (κ2) is 8.86. The van der Waals surface area contributed by atoms with Gasteiger partial charge in [-0.05, 0) is 38.2 Å². The van der Waals surface area contributed by atoms with E-state index in [9.17, 15) is 4.79 Å². The van der Waals surface area contributed by atoms with E-state index >= 15 is 0 Å². The first-order valence-corrected chi connectivity index (χ1v) is 9.70. The van der Waals surface area contributed by atoms with Crippen LogP contribution in [0.1, 0.15) is 30.8 Å². The number of carbonyl (C=O) groups is 1. The molecule has 1 aromatic heterocycles. The summed E-state index contributed by atoms with van der Waals surface area (Å²) >= 11 is 1.39. The highest BCUT2D eigenvalue weighted by atomic mass is 32.1. The molecule has 8 heteroatoms. The number of thiazole rings is 1. The van der Waals surface area contributed by atoms with E-state index in [1.165, 1.54) is 11.3 Å². The van der Waals surface area contributed by atoms with E-state index in [4.69, 9.17) is 9.47 Å². The fourth-order valence-electron chi connectivity index (χ4n) is 2.67. The van der Waals surface area contributed by atoms with Crippen molar-refractivity contribution in [1.82, 2.24) is 15.2 Å². The summed E-state index contributed by atoms with van der Waals surface area (Å²) in [7, 11) is 0. The summed E-state index contributed by atoms with van der Waals surface area (Å²) in [4.78, 5) is 18.9. The van der Waals surface area contributed by atoms with Crippen molar-refractivity contribution < 1.29 is 14.3 Å². The predicted molar refractivity (Wildman–Crippen MR) is 103 cm³/mol. The lowest BCUT2D eigenvalue weighted by atomic mass is 10.3. The topological polar surface area (TPSA) is 75.7 Å². The van der Waals surface area contributed by atoms with E-state index < -0.39 is 0 Å². The van der Waals surface area contributed by atoms with Crippen LogP contribution < -0.4 is 20.1 Å². The van der Waals surface area contributed by atoms with E-state index in [-0.39, 0.29) is 12.7 Å². The van der Waals surface area contributed by atoms with Crippen LogP contribution in [0.4, 0.5) is 10.8 Å². The Labute approximate surface area is 157 Å². The molecule has 0 saturated heterocycles. The number of nitrogens with one attached hydrogen (secondary N) is 2. The molecule has 7 nitrogen and oxygen atoms in total. The Bertz CT molecular complexity index is 746. The number of amides is 1. The number of anilines is 2. The largest absolute Gasteiger partial charge is 0.454 e. The van der Waals surface area contributed by atoms with Gasteiger partial charge in [0.25, 0.3) is 5.91 Å². The second-order valence-corrected chi connectivity index (χ2v) is 6.73. The molecule has 140 valence electrons. The van der Waals surface area contributed by atoms with Crippen molar-refractivity contribution in [3.05, 3.63) is 29.3 Å². The minimum atomic E-state index is -0.139. The van der Waals surface area contributed by atoms with Crippen LogP contribution in [0, 0.1) is 0 Å². The number of aromatic nitrogens is 1. The van der Waals surface area contributed by atoms with Gasteiger partial charge in [-0.15, -0.1) is 11.3 Å². The maximum Gasteiger partial charge on any atom is 0.270 e. The van der Waals surface area contributed by atoms with Crippen LogP contribution in [0.5, 0.6) is 11.5 Å². The summed E-state index contributed by atoms with van der Waals surface area (Å²) in [6.45, 7) is 8.24. The summed E-state index contributed by atoms with van der Waals surface area (Å²) in [5, 5.41) is 8.54. The maximum absolute atomic E-state index is 12.2. The molecule has 0 bridgehead atoms. The Morgan fingerprint density at radius 2 is 2.08 bits per heavy atom. The van der Waals surface area contributed by atoms with Crippen molar-refractivity contribution in [2.24, 2.45) is 0 Å². The van der Waals surface area contributed by atoms with Crippen LogP contribution in [0.15, 0.2) is 23.6 Å². The highest BCUT2D eigenvalue weighted by molar-refractivity contribution is 7.14. The third kappa shape index (κ3) is 4.64. The molecule has 0 spiro atoms. The first-order valence-electron chi connectivity index (χ1n) is 8.82. The van der Waals surface area contributed by atoms with E-state index in [1.54, 1.807) is 5.38 Å². The number of fused-ring (bicyclic) bond motifs is 1. The minimum Gasteiger partial charge on any atom is -0.454 e. The molecule has 1 aliphatic heterocycles. The number of carbonyl (C=O) groups excluding carboxylic acids is 1. The Hall–Kier alpha value is -2.32. The van der Waals surface area contributed by atoms with Gasteiger partial charge >= 0.3 is 0 Å². The number of nitrogens with zero attached hydrogens (tertiary/aromatic N) is 2. The van der Waals surface area contributed by atoms with Crippen LogP contribution in [0.2, 0.25) is 0 Å². The standard InChI is InChI=1S/C18H24N4O3S/c1-3-22(4-2)9-5-8-19-17(23)14-11-26-18(21-14)20-13-6-7-15-16(10-13)25-12-24-15/h6-7,10-11H,3-5,8-9,12H2,1-2H3,(H,19,23)(H,20,21). The lowest BCUT2D eigenvalue weighted by Gasteiger charge is -2.17. The quantitative estimate of drug-likeness (QED) is 0.655. The van der Waals surface area contributed by atoms with Gasteiger partial charge in [0.1, 0.15) is 5.69 Å². The molecule has 0 aliphatic carbocycles. The smallest absolute Gasteiger partial charge is 0.270 e. The Morgan fingerprint density at radius 1 is 1.27 bits per heavy atom. The van der Waals surface area contributed by atoms with Crippen molar-refractivity contribution >= 4 is 28.1 Å². The summed E-state index contributed by atoms with van der Waals surface area (Å²) in [5.74, 6) is 1.30. The van der Waals surface area contributed by atoms with Gasteiger partial charge in [-0.1, -0.05) is 13.8 Å². The summed E-state index contributed by atoms with van der Waals surface area (Å²) in [6, 6.07) is 5.60. The SMILES string of the molecule is CCN(CC)CCCNC(=O)c1csc(Nc2ccc3c(c2)OCO3)n1. The summed E-state index contributed by atoms with van der Waals surface area (Å²) < 4.78 is 10.7. The van der Waals surface area contributed by atoms with Gasteiger partial charge in [0, 0.05) is 23.7 Å². The molecule has 1 aromatic carbocycles. The summed E-state index contributed by atoms with van der Waals surface area (Å²) in [5.41, 5.74) is 1.27. The van der Waals surface area contributed by atoms with Gasteiger partial charge < -0.3 is 25.0 Å². The second-order valence-electron chi connectivity index (χ2n) is 5.87. The van der Waals surface area contributed by atoms with Crippen LogP contribution in [-0.2, 0) is 0 Å². The lowest BCUT2D eigenvalue weighted by Crippen LogP contribution is -2.30. The van der Waals surface area contributed by atoms with E-state index in [0.29, 0.717) is 23.1 Å². The van der Waals surface area contributed by atoms with Gasteiger partial charge in [0.2, 0.25) is 6.79 Å². The highest BCUT2D eigenvalue weighted by Gasteiger charge is 2.15. The van der Waals surface area contributed by atoms with Crippen molar-refractivity contribution in [2.75, 3.05) is 38.3 Å². The van der Waals surface area contributed by atoms with E-state index in [2.05, 4.69) is 34.4 Å². The predicted octanol–water partition coefficient (Wildman–Crippen LogP) is 3.08. The van der Waals surface area contributed by atoms with Gasteiger partial charge in [-0.3, -0.25) is 4.79 Å². The molecule has 3 rings (SSSR count). The van der Waals surface area contributed by atoms with Gasteiger partial charge in [0.15, 0.2) is 16.6 Å². The Kier molecular flexibility index (Phi) is 6.30. The first-order chi connectivity index (χ1) is 12.7. The van der Waals surface area contributed by atoms with Gasteiger partial charge in [-0.2, -0.15) is 0 Å². The Morgan fingerprint density at radius 3 is 2.88 bits per heavy atom. The van der Waals surface area contributed by atoms with E-state index in [0.717, 1.165) is 37.5 Å². The minimum absolute atomic E-state index is 0.139. The Balaban J connectivity index is 1.48. The fourth-order valence-corrected chi connectivity index (χ4v) is 3.38. The molecule has 26 heavy (non-hydrogen) atoms. The van der Waals surface area contributed by atoms with E-state index in [1.807, 2.05) is 18.2 Å². The number of rotatable bonds is 9. The zero-order chi connectivity index (χ0) is 18.4. The lowest BCUT2D eigenvalue weighted by molar-refractivity contribution is 0.0947. The van der Waals surface area contributed by atoms with Crippen molar-refractivity contribution in [3.8, 4) is 11.5 Å². The average Bonchev–Trinajstić information content (AvgIpc) is 3.30. The zero-order valence-corrected chi connectivity index (χ0v) is 15.9. The van der Waals surface area contributed by atoms with Crippen LogP contribution in [-0.4, -0.2) is 48.8 Å². The van der Waals surface area contributed by atoms with Gasteiger partial charge in [-0.25, -0.2) is 4.98 Å². The molecule has 2 heterocycles. The molecule has 0 unspecified atom stereocenters. The van der Waals surface area contributed by atoms with Crippen LogP contribution in [0.25, 0.3) is 0 Å². The van der Waals surface area contributed by atoms with Crippen LogP contribution >= 0.6 is 11.3 Å². The number of benzene rings is 1. The monoisotopic (exact) mass is 376 g/mol. The fraction of sp³-hybridized carbons (Fsp3) is 0.444. The highest BCUT2D eigenvalue weighted by Crippen LogP contribution is 2.35. The normalized spacial score (nSPS) is 12.4. The average molecular weight is 376 g/mol. The molecule has 1 aliphatic rings. The van der Waals surface area contributed by atoms with Crippen molar-refractivity contribution in [2.45, 2.75) is 20.3 Å². The molecular weight excluding hydrogens is 352 g/mol. The first kappa shape index (κ1) is 18.5. The summed E-state index contributed by atoms with van der Waals surface area (Å²) in [6.07, 6.45) is 0.930. The molecular formula is C18H24N4O3S. The van der Waals surface area contributed by atoms with Crippen LogP contribution in [0.3, 0.4) is 0 Å². The molecule has 0 atom stereocenters. The van der Waals surface area contributed by atoms with Crippen molar-refractivity contribution in [1.29, 1.82) is 0 Å².